The van der Waals surface area contributed by atoms with E-state index in [9.17, 15) is 0 Å². The highest BCUT2D eigenvalue weighted by molar-refractivity contribution is 6.12. The van der Waals surface area contributed by atoms with E-state index in [1.165, 1.54) is 50.1 Å². The largest absolute Gasteiger partial charge is 0.304 e. The monoisotopic (exact) mass is 350 g/mol. The van der Waals surface area contributed by atoms with Crippen LogP contribution in [0.2, 0.25) is 0 Å². The Kier molecular flexibility index (Phi) is 2.80. The smallest absolute Gasteiger partial charge is 0.241 e. The fraction of sp³-hybridized carbons (Fsp3) is 0.125. The molecule has 0 bridgehead atoms. The normalized spacial score (nSPS) is 12.7. The first kappa shape index (κ1) is 14.8. The summed E-state index contributed by atoms with van der Waals surface area (Å²) >= 11 is 0. The lowest BCUT2D eigenvalue weighted by Gasteiger charge is -2.11. The molecule has 0 aliphatic carbocycles. The van der Waals surface area contributed by atoms with E-state index in [4.69, 9.17) is 0 Å². The average Bonchev–Trinajstić information content (AvgIpc) is 3.10. The van der Waals surface area contributed by atoms with Crippen LogP contribution in [0.5, 0.6) is 0 Å². The molecule has 0 N–H and O–H groups in total. The Morgan fingerprint density at radius 3 is 2.52 bits per heavy atom. The van der Waals surface area contributed by atoms with Crippen molar-refractivity contribution in [2.75, 3.05) is 0 Å². The Balaban J connectivity index is 1.88. The molecule has 4 heterocycles. The summed E-state index contributed by atoms with van der Waals surface area (Å²) in [6.45, 7) is 5.27. The van der Waals surface area contributed by atoms with Gasteiger partial charge in [-0.15, -0.1) is 0 Å². The topological polar surface area (TPSA) is 13.7 Å². The van der Waals surface area contributed by atoms with E-state index in [0.29, 0.717) is 0 Å². The van der Waals surface area contributed by atoms with Gasteiger partial charge < -0.3 is 4.57 Å². The van der Waals surface area contributed by atoms with E-state index in [1.807, 2.05) is 0 Å². The lowest BCUT2D eigenvalue weighted by atomic mass is 10.0. The van der Waals surface area contributed by atoms with Crippen LogP contribution in [0.1, 0.15) is 11.3 Å². The maximum atomic E-state index is 2.44. The molecule has 3 aromatic heterocycles. The number of aromatic nitrogens is 3. The maximum absolute atomic E-state index is 2.44. The second kappa shape index (κ2) is 5.10. The van der Waals surface area contributed by atoms with Gasteiger partial charge in [-0.3, -0.25) is 4.57 Å². The predicted octanol–water partition coefficient (Wildman–Crippen LogP) is 4.98. The Bertz CT molecular complexity index is 1350. The number of hydrogen-bond acceptors (Lipinski definition) is 0. The molecule has 0 spiro atoms. The van der Waals surface area contributed by atoms with Gasteiger partial charge in [0.1, 0.15) is 5.52 Å². The van der Waals surface area contributed by atoms with Crippen LogP contribution >= 0.6 is 0 Å². The molecular formula is C24H20N3+. The number of hydrogen-bond donors (Lipinski definition) is 0. The van der Waals surface area contributed by atoms with Gasteiger partial charge in [-0.25, -0.2) is 0 Å². The summed E-state index contributed by atoms with van der Waals surface area (Å²) in [4.78, 5) is 0. The molecule has 0 saturated heterocycles. The molecule has 1 aliphatic heterocycles. The number of pyridine rings is 1. The van der Waals surface area contributed by atoms with Gasteiger partial charge in [0.25, 0.3) is 0 Å². The second-order valence-electron chi connectivity index (χ2n) is 7.47. The Morgan fingerprint density at radius 1 is 0.852 bits per heavy atom. The molecule has 2 aromatic carbocycles. The minimum Gasteiger partial charge on any atom is -0.304 e. The van der Waals surface area contributed by atoms with Gasteiger partial charge in [-0.2, -0.15) is 4.57 Å². The van der Waals surface area contributed by atoms with E-state index < -0.39 is 0 Å². The van der Waals surface area contributed by atoms with E-state index >= 15 is 0 Å². The highest BCUT2D eigenvalue weighted by atomic mass is 15.2. The third kappa shape index (κ3) is 1.83. The zero-order valence-corrected chi connectivity index (χ0v) is 15.5. The highest BCUT2D eigenvalue weighted by Gasteiger charge is 2.29. The van der Waals surface area contributed by atoms with Crippen molar-refractivity contribution in [3.05, 3.63) is 84.2 Å². The Hall–Kier alpha value is -3.33. The molecule has 3 heteroatoms. The fourth-order valence-corrected chi connectivity index (χ4v) is 4.81. The summed E-state index contributed by atoms with van der Waals surface area (Å²) in [5.41, 5.74) is 10.4. The summed E-state index contributed by atoms with van der Waals surface area (Å²) in [6.07, 6.45) is 2.21. The first-order valence-electron chi connectivity index (χ1n) is 9.42. The number of rotatable bonds is 1. The predicted molar refractivity (Wildman–Crippen MR) is 109 cm³/mol. The number of para-hydroxylation sites is 1. The molecule has 0 atom stereocenters. The fourth-order valence-electron chi connectivity index (χ4n) is 4.81. The van der Waals surface area contributed by atoms with E-state index in [2.05, 4.69) is 100 Å². The van der Waals surface area contributed by atoms with Crippen molar-refractivity contribution >= 4 is 21.9 Å². The van der Waals surface area contributed by atoms with E-state index in [1.54, 1.807) is 0 Å². The summed E-state index contributed by atoms with van der Waals surface area (Å²) in [5.74, 6) is 0. The van der Waals surface area contributed by atoms with Crippen LogP contribution in [0, 0.1) is 13.8 Å². The van der Waals surface area contributed by atoms with Crippen LogP contribution in [0.25, 0.3) is 38.9 Å². The van der Waals surface area contributed by atoms with Crippen LogP contribution in [-0.2, 0) is 6.67 Å². The molecule has 1 aliphatic rings. The molecule has 3 nitrogen and oxygen atoms in total. The van der Waals surface area contributed by atoms with Gasteiger partial charge >= 0.3 is 0 Å². The average molecular weight is 350 g/mol. The van der Waals surface area contributed by atoms with Gasteiger partial charge in [-0.05, 0) is 49.7 Å². The van der Waals surface area contributed by atoms with Gasteiger partial charge in [0, 0.05) is 23.0 Å². The van der Waals surface area contributed by atoms with Crippen LogP contribution in [0.3, 0.4) is 0 Å². The zero-order chi connectivity index (χ0) is 18.1. The van der Waals surface area contributed by atoms with Gasteiger partial charge in [0.15, 0.2) is 6.20 Å². The van der Waals surface area contributed by atoms with Crippen LogP contribution in [0.4, 0.5) is 0 Å². The number of benzene rings is 2. The summed E-state index contributed by atoms with van der Waals surface area (Å²) in [6, 6.07) is 24.1. The van der Waals surface area contributed by atoms with Crippen molar-refractivity contribution in [1.29, 1.82) is 0 Å². The van der Waals surface area contributed by atoms with Crippen molar-refractivity contribution in [2.45, 2.75) is 20.5 Å². The molecule has 0 radical (unpaired) electrons. The summed E-state index contributed by atoms with van der Waals surface area (Å²) in [5, 5.41) is 1.34. The van der Waals surface area contributed by atoms with Crippen LogP contribution < -0.4 is 4.57 Å². The van der Waals surface area contributed by atoms with E-state index in [-0.39, 0.29) is 0 Å². The van der Waals surface area contributed by atoms with Gasteiger partial charge in [0.2, 0.25) is 12.2 Å². The molecular weight excluding hydrogens is 330 g/mol. The van der Waals surface area contributed by atoms with Crippen LogP contribution in [0.15, 0.2) is 72.9 Å². The van der Waals surface area contributed by atoms with E-state index in [0.717, 1.165) is 6.67 Å². The van der Waals surface area contributed by atoms with Crippen molar-refractivity contribution in [3.63, 3.8) is 0 Å². The molecule has 130 valence electrons. The minimum atomic E-state index is 0.842. The van der Waals surface area contributed by atoms with Crippen molar-refractivity contribution in [2.24, 2.45) is 0 Å². The lowest BCUT2D eigenvalue weighted by Crippen LogP contribution is -2.37. The standard InChI is InChI=1S/C24H20N3/c1-16-14-17(2)26-15-25-13-7-12-21-24(25)22-19(23(16)26)10-6-11-20(22)27(21)18-8-4-3-5-9-18/h3-14H,15H2,1-2H3/q+1. The van der Waals surface area contributed by atoms with Crippen molar-refractivity contribution in [3.8, 4) is 16.9 Å². The molecule has 0 amide bonds. The maximum Gasteiger partial charge on any atom is 0.241 e. The SMILES string of the molecule is Cc1cc(C)n2c1-c1cccc3c1c1c(ccc[n+]1C2)n3-c1ccccc1. The molecule has 0 saturated carbocycles. The third-order valence-electron chi connectivity index (χ3n) is 5.87. The van der Waals surface area contributed by atoms with Crippen LogP contribution in [-0.4, -0.2) is 9.13 Å². The molecule has 0 unspecified atom stereocenters. The lowest BCUT2D eigenvalue weighted by molar-refractivity contribution is -0.675. The first-order valence-corrected chi connectivity index (χ1v) is 9.42. The Labute approximate surface area is 157 Å². The zero-order valence-electron chi connectivity index (χ0n) is 15.5. The number of nitrogens with zero attached hydrogens (tertiary/aromatic N) is 3. The molecule has 5 aromatic rings. The van der Waals surface area contributed by atoms with Gasteiger partial charge in [0.05, 0.1) is 16.6 Å². The molecule has 6 rings (SSSR count). The summed E-state index contributed by atoms with van der Waals surface area (Å²) in [7, 11) is 0. The quantitative estimate of drug-likeness (QED) is 0.371. The second-order valence-corrected chi connectivity index (χ2v) is 7.47. The molecule has 0 fully saturated rings. The summed E-state index contributed by atoms with van der Waals surface area (Å²) < 4.78 is 7.23. The van der Waals surface area contributed by atoms with Crippen molar-refractivity contribution < 1.29 is 4.57 Å². The van der Waals surface area contributed by atoms with Crippen molar-refractivity contribution in [1.82, 2.24) is 9.13 Å². The number of fused-ring (bicyclic) bond motifs is 2. The first-order chi connectivity index (χ1) is 13.2. The minimum absolute atomic E-state index is 0.842. The third-order valence-corrected chi connectivity index (χ3v) is 5.87. The van der Waals surface area contributed by atoms with Gasteiger partial charge in [-0.1, -0.05) is 30.3 Å². The Morgan fingerprint density at radius 2 is 1.67 bits per heavy atom. The molecule has 27 heavy (non-hydrogen) atoms. The highest BCUT2D eigenvalue weighted by Crippen LogP contribution is 2.40. The number of aryl methyl sites for hydroxylation is 2.